The Balaban J connectivity index is 1.99. The van der Waals surface area contributed by atoms with Crippen molar-refractivity contribution in [1.29, 1.82) is 0 Å². The molecular formula is C14H18N2O3. The molecule has 0 amide bonds. The molecule has 0 aliphatic carbocycles. The molecule has 2 aromatic rings. The van der Waals surface area contributed by atoms with Crippen LogP contribution in [0.1, 0.15) is 30.1 Å². The molecule has 0 saturated heterocycles. The van der Waals surface area contributed by atoms with Gasteiger partial charge in [-0.05, 0) is 18.9 Å². The van der Waals surface area contributed by atoms with Crippen molar-refractivity contribution in [3.05, 3.63) is 41.5 Å². The summed E-state index contributed by atoms with van der Waals surface area (Å²) in [5, 5.41) is 12.7. The molecule has 0 bridgehead atoms. The highest BCUT2D eigenvalue weighted by atomic mass is 16.5. The number of unbranched alkanes of at least 4 members (excludes halogenated alkanes) is 1. The smallest absolute Gasteiger partial charge is 0.226 e. The Morgan fingerprint density at radius 2 is 2.11 bits per heavy atom. The lowest BCUT2D eigenvalue weighted by Gasteiger charge is -2.04. The first-order chi connectivity index (χ1) is 9.33. The van der Waals surface area contributed by atoms with Gasteiger partial charge in [-0.25, -0.2) is 0 Å². The summed E-state index contributed by atoms with van der Waals surface area (Å²) in [5.74, 6) is 2.11. The summed E-state index contributed by atoms with van der Waals surface area (Å²) < 4.78 is 10.5. The van der Waals surface area contributed by atoms with Crippen molar-refractivity contribution in [3.8, 4) is 5.75 Å². The highest BCUT2D eigenvalue weighted by Gasteiger charge is 2.09. The van der Waals surface area contributed by atoms with Crippen LogP contribution in [0.4, 0.5) is 0 Å². The Morgan fingerprint density at radius 1 is 1.26 bits per heavy atom. The highest BCUT2D eigenvalue weighted by molar-refractivity contribution is 5.35. The number of nitrogens with zero attached hydrogens (tertiary/aromatic N) is 2. The zero-order valence-electron chi connectivity index (χ0n) is 11.0. The molecular weight excluding hydrogens is 244 g/mol. The van der Waals surface area contributed by atoms with Gasteiger partial charge in [0.2, 0.25) is 5.89 Å². The Morgan fingerprint density at radius 3 is 2.89 bits per heavy atom. The fourth-order valence-electron chi connectivity index (χ4n) is 1.87. The van der Waals surface area contributed by atoms with Crippen LogP contribution in [0, 0.1) is 0 Å². The van der Waals surface area contributed by atoms with Gasteiger partial charge in [-0.3, -0.25) is 0 Å². The lowest BCUT2D eigenvalue weighted by molar-refractivity contribution is 0.280. The van der Waals surface area contributed by atoms with Gasteiger partial charge < -0.3 is 14.4 Å². The number of ether oxygens (including phenoxy) is 1. The van der Waals surface area contributed by atoms with Gasteiger partial charge in [0.15, 0.2) is 5.82 Å². The average Bonchev–Trinajstić information content (AvgIpc) is 2.87. The van der Waals surface area contributed by atoms with E-state index in [0.29, 0.717) is 24.6 Å². The van der Waals surface area contributed by atoms with Crippen molar-refractivity contribution in [2.24, 2.45) is 0 Å². The third-order valence-corrected chi connectivity index (χ3v) is 2.85. The Bertz CT molecular complexity index is 511. The van der Waals surface area contributed by atoms with Crippen molar-refractivity contribution in [1.82, 2.24) is 10.1 Å². The van der Waals surface area contributed by atoms with Gasteiger partial charge in [0.05, 0.1) is 7.11 Å². The van der Waals surface area contributed by atoms with Crippen molar-refractivity contribution in [2.75, 3.05) is 13.7 Å². The minimum atomic E-state index is 0.197. The molecule has 19 heavy (non-hydrogen) atoms. The lowest BCUT2D eigenvalue weighted by Crippen LogP contribution is -1.95. The van der Waals surface area contributed by atoms with E-state index in [1.807, 2.05) is 24.3 Å². The maximum atomic E-state index is 8.72. The molecule has 0 aliphatic heterocycles. The number of aliphatic hydroxyl groups is 1. The van der Waals surface area contributed by atoms with Gasteiger partial charge in [-0.15, -0.1) is 0 Å². The van der Waals surface area contributed by atoms with E-state index < -0.39 is 0 Å². The number of aliphatic hydroxyl groups excluding tert-OH is 1. The van der Waals surface area contributed by atoms with Crippen LogP contribution < -0.4 is 4.74 Å². The summed E-state index contributed by atoms with van der Waals surface area (Å²) in [5.41, 5.74) is 1.03. The molecule has 1 heterocycles. The normalized spacial score (nSPS) is 10.6. The summed E-state index contributed by atoms with van der Waals surface area (Å²) in [6, 6.07) is 7.79. The maximum absolute atomic E-state index is 8.72. The predicted octanol–water partition coefficient (Wildman–Crippen LogP) is 1.98. The summed E-state index contributed by atoms with van der Waals surface area (Å²) in [6.07, 6.45) is 2.91. The number of aromatic nitrogens is 2. The maximum Gasteiger partial charge on any atom is 0.226 e. The number of rotatable bonds is 7. The Labute approximate surface area is 112 Å². The standard InChI is InChI=1S/C14H18N2O3/c1-18-12-7-3-2-6-11(12)10-13-15-14(19-16-13)8-4-5-9-17/h2-3,6-7,17H,4-5,8-10H2,1H3. The van der Waals surface area contributed by atoms with E-state index in [-0.39, 0.29) is 6.61 Å². The second-order valence-corrected chi connectivity index (χ2v) is 4.27. The number of aryl methyl sites for hydroxylation is 1. The van der Waals surface area contributed by atoms with E-state index in [1.165, 1.54) is 0 Å². The SMILES string of the molecule is COc1ccccc1Cc1noc(CCCCO)n1. The minimum absolute atomic E-state index is 0.197. The third kappa shape index (κ3) is 3.79. The van der Waals surface area contributed by atoms with Gasteiger partial charge in [-0.1, -0.05) is 23.4 Å². The molecule has 1 N–H and O–H groups in total. The largest absolute Gasteiger partial charge is 0.496 e. The van der Waals surface area contributed by atoms with E-state index in [0.717, 1.165) is 24.2 Å². The molecule has 0 unspecified atom stereocenters. The van der Waals surface area contributed by atoms with Crippen LogP contribution in [0.5, 0.6) is 5.75 Å². The van der Waals surface area contributed by atoms with E-state index in [9.17, 15) is 0 Å². The molecule has 0 radical (unpaired) electrons. The number of para-hydroxylation sites is 1. The fourth-order valence-corrected chi connectivity index (χ4v) is 1.87. The lowest BCUT2D eigenvalue weighted by atomic mass is 10.1. The van der Waals surface area contributed by atoms with Gasteiger partial charge >= 0.3 is 0 Å². The first-order valence-corrected chi connectivity index (χ1v) is 6.37. The summed E-state index contributed by atoms with van der Waals surface area (Å²) in [6.45, 7) is 0.197. The molecule has 0 saturated carbocycles. The Hall–Kier alpha value is -1.88. The summed E-state index contributed by atoms with van der Waals surface area (Å²) >= 11 is 0. The van der Waals surface area contributed by atoms with Gasteiger partial charge in [0, 0.05) is 25.0 Å². The van der Waals surface area contributed by atoms with Gasteiger partial charge in [0.25, 0.3) is 0 Å². The van der Waals surface area contributed by atoms with Crippen LogP contribution in [0.25, 0.3) is 0 Å². The highest BCUT2D eigenvalue weighted by Crippen LogP contribution is 2.19. The summed E-state index contributed by atoms with van der Waals surface area (Å²) in [4.78, 5) is 4.34. The van der Waals surface area contributed by atoms with Gasteiger partial charge in [0.1, 0.15) is 5.75 Å². The second-order valence-electron chi connectivity index (χ2n) is 4.27. The number of hydrogen-bond donors (Lipinski definition) is 1. The Kier molecular flexibility index (Phi) is 4.92. The van der Waals surface area contributed by atoms with Crippen molar-refractivity contribution in [2.45, 2.75) is 25.7 Å². The molecule has 0 aliphatic rings. The van der Waals surface area contributed by atoms with Crippen LogP contribution in [-0.2, 0) is 12.8 Å². The summed E-state index contributed by atoms with van der Waals surface area (Å²) in [7, 11) is 1.65. The number of hydrogen-bond acceptors (Lipinski definition) is 5. The molecule has 1 aromatic heterocycles. The minimum Gasteiger partial charge on any atom is -0.496 e. The molecule has 0 spiro atoms. The molecule has 0 fully saturated rings. The zero-order chi connectivity index (χ0) is 13.5. The first kappa shape index (κ1) is 13.5. The molecule has 0 atom stereocenters. The van der Waals surface area contributed by atoms with Crippen LogP contribution in [0.2, 0.25) is 0 Å². The van der Waals surface area contributed by atoms with Crippen molar-refractivity contribution in [3.63, 3.8) is 0 Å². The van der Waals surface area contributed by atoms with Crippen molar-refractivity contribution >= 4 is 0 Å². The molecule has 1 aromatic carbocycles. The molecule has 2 rings (SSSR count). The van der Waals surface area contributed by atoms with E-state index in [4.69, 9.17) is 14.4 Å². The second kappa shape index (κ2) is 6.89. The van der Waals surface area contributed by atoms with Crippen LogP contribution in [0.15, 0.2) is 28.8 Å². The van der Waals surface area contributed by atoms with Crippen LogP contribution in [-0.4, -0.2) is 29.0 Å². The molecule has 102 valence electrons. The number of methoxy groups -OCH3 is 1. The topological polar surface area (TPSA) is 68.4 Å². The average molecular weight is 262 g/mol. The fraction of sp³-hybridized carbons (Fsp3) is 0.429. The third-order valence-electron chi connectivity index (χ3n) is 2.85. The van der Waals surface area contributed by atoms with E-state index in [2.05, 4.69) is 10.1 Å². The first-order valence-electron chi connectivity index (χ1n) is 6.37. The van der Waals surface area contributed by atoms with E-state index in [1.54, 1.807) is 7.11 Å². The predicted molar refractivity (Wildman–Crippen MR) is 70.1 cm³/mol. The van der Waals surface area contributed by atoms with Gasteiger partial charge in [-0.2, -0.15) is 4.98 Å². The quantitative estimate of drug-likeness (QED) is 0.773. The zero-order valence-corrected chi connectivity index (χ0v) is 11.0. The van der Waals surface area contributed by atoms with Crippen LogP contribution >= 0.6 is 0 Å². The van der Waals surface area contributed by atoms with E-state index >= 15 is 0 Å². The van der Waals surface area contributed by atoms with Crippen molar-refractivity contribution < 1.29 is 14.4 Å². The molecule has 5 nitrogen and oxygen atoms in total. The van der Waals surface area contributed by atoms with Crippen LogP contribution in [0.3, 0.4) is 0 Å². The monoisotopic (exact) mass is 262 g/mol. The molecule has 5 heteroatoms. The number of benzene rings is 1.